The zero-order valence-electron chi connectivity index (χ0n) is 8.83. The predicted molar refractivity (Wildman–Crippen MR) is 67.8 cm³/mol. The van der Waals surface area contributed by atoms with Crippen LogP contribution in [0.15, 0.2) is 18.2 Å². The van der Waals surface area contributed by atoms with Crippen molar-refractivity contribution in [3.8, 4) is 6.07 Å². The van der Waals surface area contributed by atoms with Gasteiger partial charge in [0.05, 0.1) is 16.3 Å². The maximum absolute atomic E-state index is 9.01. The van der Waals surface area contributed by atoms with Gasteiger partial charge < -0.3 is 4.90 Å². The lowest BCUT2D eigenvalue weighted by Crippen LogP contribution is -2.21. The van der Waals surface area contributed by atoms with E-state index in [1.165, 1.54) is 0 Å². The Kier molecular flexibility index (Phi) is 4.80. The fraction of sp³-hybridized carbons (Fsp3) is 0.364. The van der Waals surface area contributed by atoms with Crippen molar-refractivity contribution in [1.82, 2.24) is 0 Å². The zero-order valence-corrected chi connectivity index (χ0v) is 10.4. The molecule has 0 spiro atoms. The number of hydrogen-bond donors (Lipinski definition) is 0. The molecule has 2 nitrogen and oxygen atoms in total. The molecule has 1 aromatic carbocycles. The number of rotatable bonds is 4. The van der Waals surface area contributed by atoms with Crippen molar-refractivity contribution in [3.05, 3.63) is 28.8 Å². The molecule has 0 aliphatic rings. The molecule has 0 radical (unpaired) electrons. The van der Waals surface area contributed by atoms with Crippen molar-refractivity contribution in [3.63, 3.8) is 0 Å². The number of anilines is 1. The van der Waals surface area contributed by atoms with Crippen molar-refractivity contribution >= 4 is 29.1 Å². The van der Waals surface area contributed by atoms with E-state index in [1.54, 1.807) is 17.8 Å². The summed E-state index contributed by atoms with van der Waals surface area (Å²) in [6, 6.07) is 7.67. The molecule has 0 atom stereocenters. The first-order valence-corrected chi connectivity index (χ1v) is 6.36. The fourth-order valence-corrected chi connectivity index (χ4v) is 1.96. The number of thioether (sulfide) groups is 1. The lowest BCUT2D eigenvalue weighted by atomic mass is 10.2. The number of hydrogen-bond acceptors (Lipinski definition) is 3. The highest BCUT2D eigenvalue weighted by Gasteiger charge is 2.09. The number of benzene rings is 1. The van der Waals surface area contributed by atoms with Gasteiger partial charge in [0.2, 0.25) is 0 Å². The molecule has 80 valence electrons. The molecule has 1 rings (SSSR count). The van der Waals surface area contributed by atoms with E-state index in [0.29, 0.717) is 10.6 Å². The smallest absolute Gasteiger partial charge is 0.103 e. The largest absolute Gasteiger partial charge is 0.373 e. The topological polar surface area (TPSA) is 27.0 Å². The second-order valence-corrected chi connectivity index (χ2v) is 4.55. The quantitative estimate of drug-likeness (QED) is 0.810. The number of nitriles is 1. The standard InChI is InChI=1S/C11H13ClN2S/c1-14(6-7-15-2)11-5-3-4-10(12)9(11)8-13/h3-5H,6-7H2,1-2H3. The summed E-state index contributed by atoms with van der Waals surface area (Å²) >= 11 is 7.74. The summed E-state index contributed by atoms with van der Waals surface area (Å²) in [4.78, 5) is 2.06. The maximum Gasteiger partial charge on any atom is 0.103 e. The van der Waals surface area contributed by atoms with Gasteiger partial charge in [0.25, 0.3) is 0 Å². The maximum atomic E-state index is 9.01. The first kappa shape index (κ1) is 12.2. The lowest BCUT2D eigenvalue weighted by Gasteiger charge is -2.20. The summed E-state index contributed by atoms with van der Waals surface area (Å²) in [6.07, 6.45) is 2.07. The van der Waals surface area contributed by atoms with Crippen LogP contribution in [0.25, 0.3) is 0 Å². The van der Waals surface area contributed by atoms with Gasteiger partial charge in [0, 0.05) is 19.3 Å². The van der Waals surface area contributed by atoms with E-state index < -0.39 is 0 Å². The third kappa shape index (κ3) is 3.05. The molecule has 4 heteroatoms. The average Bonchev–Trinajstić information content (AvgIpc) is 2.25. The Hall–Kier alpha value is -0.850. The van der Waals surface area contributed by atoms with Crippen LogP contribution in [0.2, 0.25) is 5.02 Å². The second-order valence-electron chi connectivity index (χ2n) is 3.16. The molecule has 0 aliphatic carbocycles. The predicted octanol–water partition coefficient (Wildman–Crippen LogP) is 3.01. The van der Waals surface area contributed by atoms with E-state index in [-0.39, 0.29) is 0 Å². The molecule has 0 unspecified atom stereocenters. The first-order chi connectivity index (χ1) is 7.20. The van der Waals surface area contributed by atoms with Crippen LogP contribution in [0.4, 0.5) is 5.69 Å². The third-order valence-electron chi connectivity index (χ3n) is 2.15. The van der Waals surface area contributed by atoms with Gasteiger partial charge in [-0.15, -0.1) is 0 Å². The molecule has 0 bridgehead atoms. The SMILES string of the molecule is CSCCN(C)c1cccc(Cl)c1C#N. The molecular weight excluding hydrogens is 228 g/mol. The molecule has 0 saturated carbocycles. The van der Waals surface area contributed by atoms with E-state index in [4.69, 9.17) is 16.9 Å². The Bertz CT molecular complexity index is 373. The van der Waals surface area contributed by atoms with E-state index in [0.717, 1.165) is 18.0 Å². The fourth-order valence-electron chi connectivity index (χ4n) is 1.29. The van der Waals surface area contributed by atoms with Crippen molar-refractivity contribution < 1.29 is 0 Å². The Morgan fingerprint density at radius 2 is 2.27 bits per heavy atom. The highest BCUT2D eigenvalue weighted by molar-refractivity contribution is 7.98. The number of halogens is 1. The van der Waals surface area contributed by atoms with Gasteiger partial charge in [-0.3, -0.25) is 0 Å². The summed E-state index contributed by atoms with van der Waals surface area (Å²) in [6.45, 7) is 0.913. The first-order valence-electron chi connectivity index (χ1n) is 4.59. The van der Waals surface area contributed by atoms with Gasteiger partial charge in [0.15, 0.2) is 0 Å². The van der Waals surface area contributed by atoms with Crippen molar-refractivity contribution in [1.29, 1.82) is 5.26 Å². The van der Waals surface area contributed by atoms with Crippen LogP contribution in [0.3, 0.4) is 0 Å². The van der Waals surface area contributed by atoms with Gasteiger partial charge in [-0.05, 0) is 18.4 Å². The molecule has 0 aromatic heterocycles. The Morgan fingerprint density at radius 1 is 1.53 bits per heavy atom. The molecule has 0 saturated heterocycles. The Balaban J connectivity index is 2.93. The molecule has 0 fully saturated rings. The van der Waals surface area contributed by atoms with Gasteiger partial charge in [0.1, 0.15) is 6.07 Å². The van der Waals surface area contributed by atoms with E-state index in [1.807, 2.05) is 19.2 Å². The zero-order chi connectivity index (χ0) is 11.3. The van der Waals surface area contributed by atoms with Crippen LogP contribution < -0.4 is 4.90 Å². The highest BCUT2D eigenvalue weighted by atomic mass is 35.5. The van der Waals surface area contributed by atoms with Crippen LogP contribution in [0.5, 0.6) is 0 Å². The summed E-state index contributed by atoms with van der Waals surface area (Å²) < 4.78 is 0. The van der Waals surface area contributed by atoms with E-state index >= 15 is 0 Å². The van der Waals surface area contributed by atoms with Crippen LogP contribution in [0, 0.1) is 11.3 Å². The van der Waals surface area contributed by atoms with E-state index in [9.17, 15) is 0 Å². The average molecular weight is 241 g/mol. The Labute approximate surface area is 99.8 Å². The monoisotopic (exact) mass is 240 g/mol. The van der Waals surface area contributed by atoms with Gasteiger partial charge in [-0.1, -0.05) is 17.7 Å². The number of nitrogens with zero attached hydrogens (tertiary/aromatic N) is 2. The molecule has 0 heterocycles. The Morgan fingerprint density at radius 3 is 2.87 bits per heavy atom. The summed E-state index contributed by atoms with van der Waals surface area (Å²) in [5.41, 5.74) is 1.46. The summed E-state index contributed by atoms with van der Waals surface area (Å²) in [5, 5.41) is 9.53. The summed E-state index contributed by atoms with van der Waals surface area (Å²) in [5.74, 6) is 1.04. The van der Waals surface area contributed by atoms with Crippen LogP contribution >= 0.6 is 23.4 Å². The van der Waals surface area contributed by atoms with Gasteiger partial charge in [-0.2, -0.15) is 17.0 Å². The van der Waals surface area contributed by atoms with Crippen molar-refractivity contribution in [2.24, 2.45) is 0 Å². The van der Waals surface area contributed by atoms with Crippen molar-refractivity contribution in [2.45, 2.75) is 0 Å². The molecule has 0 aliphatic heterocycles. The summed E-state index contributed by atoms with van der Waals surface area (Å²) in [7, 11) is 1.97. The molecule has 1 aromatic rings. The molecule has 15 heavy (non-hydrogen) atoms. The van der Waals surface area contributed by atoms with Crippen molar-refractivity contribution in [2.75, 3.05) is 30.5 Å². The third-order valence-corrected chi connectivity index (χ3v) is 3.05. The highest BCUT2D eigenvalue weighted by Crippen LogP contribution is 2.25. The minimum Gasteiger partial charge on any atom is -0.373 e. The second kappa shape index (κ2) is 5.89. The molecule has 0 amide bonds. The normalized spacial score (nSPS) is 9.73. The minimum atomic E-state index is 0.519. The van der Waals surface area contributed by atoms with Gasteiger partial charge >= 0.3 is 0 Å². The van der Waals surface area contributed by atoms with E-state index in [2.05, 4.69) is 17.2 Å². The molecule has 0 N–H and O–H groups in total. The lowest BCUT2D eigenvalue weighted by molar-refractivity contribution is 0.975. The van der Waals surface area contributed by atoms with Crippen LogP contribution in [-0.2, 0) is 0 Å². The van der Waals surface area contributed by atoms with Crippen LogP contribution in [-0.4, -0.2) is 25.6 Å². The van der Waals surface area contributed by atoms with Gasteiger partial charge in [-0.25, -0.2) is 0 Å². The minimum absolute atomic E-state index is 0.519. The molecular formula is C11H13ClN2S. The van der Waals surface area contributed by atoms with Crippen LogP contribution in [0.1, 0.15) is 5.56 Å².